The van der Waals surface area contributed by atoms with Crippen LogP contribution in [-0.4, -0.2) is 26.2 Å². The molecule has 0 saturated heterocycles. The Balaban J connectivity index is 2.34. The average Bonchev–Trinajstić information content (AvgIpc) is 2.59. The highest BCUT2D eigenvalue weighted by Gasteiger charge is 2.33. The van der Waals surface area contributed by atoms with Gasteiger partial charge in [0, 0.05) is 0 Å². The highest BCUT2D eigenvalue weighted by atomic mass is 16.5. The molecule has 0 unspecified atom stereocenters. The SMILES string of the molecule is COC(=O)c1c2c(c3c(c1C(=O)OC)CCCC3)CCCC2. The van der Waals surface area contributed by atoms with Crippen molar-refractivity contribution >= 4 is 11.9 Å². The van der Waals surface area contributed by atoms with Crippen LogP contribution in [0.5, 0.6) is 0 Å². The standard InChI is InChI=1S/C18H22O4/c1-21-17(19)15-13-9-5-3-7-11(13)12-8-4-6-10-14(12)16(15)18(20)22-2/h3-10H2,1-2H3. The third-order valence-corrected chi connectivity index (χ3v) is 4.93. The van der Waals surface area contributed by atoms with Crippen molar-refractivity contribution in [1.82, 2.24) is 0 Å². The largest absolute Gasteiger partial charge is 0.465 e. The van der Waals surface area contributed by atoms with E-state index in [4.69, 9.17) is 9.47 Å². The van der Waals surface area contributed by atoms with E-state index in [0.29, 0.717) is 11.1 Å². The number of fused-ring (bicyclic) bond motifs is 3. The maximum Gasteiger partial charge on any atom is 0.339 e. The highest BCUT2D eigenvalue weighted by Crippen LogP contribution is 2.38. The Morgan fingerprint density at radius 1 is 0.636 bits per heavy atom. The summed E-state index contributed by atoms with van der Waals surface area (Å²) in [6, 6.07) is 0. The molecule has 0 bridgehead atoms. The Hall–Kier alpha value is -1.84. The number of hydrogen-bond acceptors (Lipinski definition) is 4. The van der Waals surface area contributed by atoms with E-state index in [2.05, 4.69) is 0 Å². The second kappa shape index (κ2) is 6.11. The topological polar surface area (TPSA) is 52.6 Å². The van der Waals surface area contributed by atoms with Gasteiger partial charge in [-0.1, -0.05) is 0 Å². The van der Waals surface area contributed by atoms with Crippen LogP contribution < -0.4 is 0 Å². The summed E-state index contributed by atoms with van der Waals surface area (Å²) < 4.78 is 9.96. The van der Waals surface area contributed by atoms with Crippen LogP contribution in [0.15, 0.2) is 0 Å². The molecular formula is C18H22O4. The van der Waals surface area contributed by atoms with Crippen LogP contribution in [-0.2, 0) is 35.2 Å². The van der Waals surface area contributed by atoms with E-state index in [-0.39, 0.29) is 0 Å². The fourth-order valence-corrected chi connectivity index (χ4v) is 3.98. The number of rotatable bonds is 2. The Morgan fingerprint density at radius 2 is 0.955 bits per heavy atom. The van der Waals surface area contributed by atoms with Gasteiger partial charge in [-0.3, -0.25) is 0 Å². The molecule has 118 valence electrons. The molecule has 1 aromatic carbocycles. The fraction of sp³-hybridized carbons (Fsp3) is 0.556. The summed E-state index contributed by atoms with van der Waals surface area (Å²) in [6.07, 6.45) is 8.10. The summed E-state index contributed by atoms with van der Waals surface area (Å²) in [4.78, 5) is 24.8. The van der Waals surface area contributed by atoms with Gasteiger partial charge in [0.05, 0.1) is 25.3 Å². The maximum atomic E-state index is 12.4. The first-order chi connectivity index (χ1) is 10.7. The Bertz CT molecular complexity index is 576. The number of ether oxygens (including phenoxy) is 2. The number of carbonyl (C=O) groups excluding carboxylic acids is 2. The zero-order valence-electron chi connectivity index (χ0n) is 13.3. The molecule has 0 radical (unpaired) electrons. The molecule has 0 saturated carbocycles. The first-order valence-electron chi connectivity index (χ1n) is 8.05. The lowest BCUT2D eigenvalue weighted by Gasteiger charge is -2.29. The van der Waals surface area contributed by atoms with Gasteiger partial charge in [0.15, 0.2) is 0 Å². The predicted octanol–water partition coefficient (Wildman–Crippen LogP) is 3.02. The van der Waals surface area contributed by atoms with Crippen LogP contribution in [0.1, 0.15) is 68.7 Å². The van der Waals surface area contributed by atoms with Gasteiger partial charge in [-0.05, 0) is 73.6 Å². The number of hydrogen-bond donors (Lipinski definition) is 0. The molecule has 0 atom stereocenters. The Morgan fingerprint density at radius 3 is 1.27 bits per heavy atom. The minimum absolute atomic E-state index is 0.410. The molecule has 0 N–H and O–H groups in total. The van der Waals surface area contributed by atoms with Crippen LogP contribution in [0.4, 0.5) is 0 Å². The van der Waals surface area contributed by atoms with Crippen LogP contribution in [0, 0.1) is 0 Å². The van der Waals surface area contributed by atoms with E-state index in [9.17, 15) is 9.59 Å². The summed E-state index contributed by atoms with van der Waals surface area (Å²) in [5.74, 6) is -0.821. The number of benzene rings is 1. The molecule has 0 aromatic heterocycles. The monoisotopic (exact) mass is 302 g/mol. The molecule has 4 heteroatoms. The van der Waals surface area contributed by atoms with Crippen LogP contribution in [0.2, 0.25) is 0 Å². The van der Waals surface area contributed by atoms with Crippen molar-refractivity contribution in [3.05, 3.63) is 33.4 Å². The molecule has 1 aromatic rings. The second-order valence-corrected chi connectivity index (χ2v) is 6.06. The van der Waals surface area contributed by atoms with Crippen LogP contribution in [0.25, 0.3) is 0 Å². The van der Waals surface area contributed by atoms with Crippen molar-refractivity contribution < 1.29 is 19.1 Å². The second-order valence-electron chi connectivity index (χ2n) is 6.06. The minimum atomic E-state index is -0.410. The average molecular weight is 302 g/mol. The van der Waals surface area contributed by atoms with E-state index >= 15 is 0 Å². The summed E-state index contributed by atoms with van der Waals surface area (Å²) in [7, 11) is 2.75. The quantitative estimate of drug-likeness (QED) is 0.788. The first-order valence-corrected chi connectivity index (χ1v) is 8.05. The summed E-state index contributed by atoms with van der Waals surface area (Å²) in [5.41, 5.74) is 5.58. The summed E-state index contributed by atoms with van der Waals surface area (Å²) >= 11 is 0. The summed E-state index contributed by atoms with van der Waals surface area (Å²) in [6.45, 7) is 0. The van der Waals surface area contributed by atoms with Gasteiger partial charge in [0.2, 0.25) is 0 Å². The highest BCUT2D eigenvalue weighted by molar-refractivity contribution is 6.06. The third-order valence-electron chi connectivity index (χ3n) is 4.93. The smallest absolute Gasteiger partial charge is 0.339 e. The van der Waals surface area contributed by atoms with Gasteiger partial charge < -0.3 is 9.47 Å². The number of esters is 2. The van der Waals surface area contributed by atoms with E-state index in [1.54, 1.807) is 0 Å². The Labute approximate surface area is 130 Å². The van der Waals surface area contributed by atoms with Crippen LogP contribution >= 0.6 is 0 Å². The minimum Gasteiger partial charge on any atom is -0.465 e. The van der Waals surface area contributed by atoms with Gasteiger partial charge in [0.1, 0.15) is 0 Å². The van der Waals surface area contributed by atoms with Gasteiger partial charge in [0.25, 0.3) is 0 Å². The molecular weight excluding hydrogens is 280 g/mol. The van der Waals surface area contributed by atoms with Crippen molar-refractivity contribution in [2.45, 2.75) is 51.4 Å². The van der Waals surface area contributed by atoms with E-state index in [1.807, 2.05) is 0 Å². The lowest BCUT2D eigenvalue weighted by molar-refractivity contribution is 0.0552. The van der Waals surface area contributed by atoms with Crippen LogP contribution in [0.3, 0.4) is 0 Å². The lowest BCUT2D eigenvalue weighted by Crippen LogP contribution is -2.24. The normalized spacial score (nSPS) is 16.5. The van der Waals surface area contributed by atoms with E-state index in [1.165, 1.54) is 25.3 Å². The maximum absolute atomic E-state index is 12.4. The van der Waals surface area contributed by atoms with Crippen molar-refractivity contribution in [1.29, 1.82) is 0 Å². The van der Waals surface area contributed by atoms with Gasteiger partial charge in [-0.25, -0.2) is 9.59 Å². The van der Waals surface area contributed by atoms with E-state index in [0.717, 1.165) is 62.5 Å². The van der Waals surface area contributed by atoms with Gasteiger partial charge in [-0.15, -0.1) is 0 Å². The first kappa shape index (κ1) is 15.1. The number of carbonyl (C=O) groups is 2. The molecule has 0 heterocycles. The molecule has 0 spiro atoms. The molecule has 2 aliphatic rings. The molecule has 0 fully saturated rings. The van der Waals surface area contributed by atoms with Crippen molar-refractivity contribution in [3.63, 3.8) is 0 Å². The molecule has 0 amide bonds. The molecule has 22 heavy (non-hydrogen) atoms. The predicted molar refractivity (Wildman–Crippen MR) is 82.4 cm³/mol. The summed E-state index contributed by atoms with van der Waals surface area (Å²) in [5, 5.41) is 0. The van der Waals surface area contributed by atoms with Gasteiger partial charge >= 0.3 is 11.9 Å². The molecule has 2 aliphatic carbocycles. The van der Waals surface area contributed by atoms with Crippen molar-refractivity contribution in [3.8, 4) is 0 Å². The molecule has 3 rings (SSSR count). The number of methoxy groups -OCH3 is 2. The zero-order chi connectivity index (χ0) is 15.7. The van der Waals surface area contributed by atoms with Crippen molar-refractivity contribution in [2.75, 3.05) is 14.2 Å². The fourth-order valence-electron chi connectivity index (χ4n) is 3.98. The Kier molecular flexibility index (Phi) is 4.19. The lowest BCUT2D eigenvalue weighted by atomic mass is 9.75. The molecule has 0 aliphatic heterocycles. The van der Waals surface area contributed by atoms with E-state index < -0.39 is 11.9 Å². The molecule has 4 nitrogen and oxygen atoms in total. The third kappa shape index (κ3) is 2.31. The van der Waals surface area contributed by atoms with Gasteiger partial charge in [-0.2, -0.15) is 0 Å². The zero-order valence-corrected chi connectivity index (χ0v) is 13.3. The van der Waals surface area contributed by atoms with Crippen molar-refractivity contribution in [2.24, 2.45) is 0 Å².